The summed E-state index contributed by atoms with van der Waals surface area (Å²) in [6, 6.07) is 9.21. The zero-order valence-electron chi connectivity index (χ0n) is 11.9. The zero-order valence-corrected chi connectivity index (χ0v) is 11.9. The molecule has 0 heterocycles. The van der Waals surface area contributed by atoms with Gasteiger partial charge in [0.05, 0.1) is 12.1 Å². The van der Waals surface area contributed by atoms with Crippen LogP contribution in [0.5, 0.6) is 5.75 Å². The number of aliphatic hydroxyl groups excluding tert-OH is 1. The molecule has 1 unspecified atom stereocenters. The van der Waals surface area contributed by atoms with Gasteiger partial charge < -0.3 is 15.2 Å². The summed E-state index contributed by atoms with van der Waals surface area (Å²) >= 11 is 0. The van der Waals surface area contributed by atoms with Gasteiger partial charge in [0.15, 0.2) is 6.10 Å². The van der Waals surface area contributed by atoms with Gasteiger partial charge >= 0.3 is 0 Å². The van der Waals surface area contributed by atoms with E-state index in [2.05, 4.69) is 5.32 Å². The van der Waals surface area contributed by atoms with Crippen LogP contribution in [-0.2, 0) is 4.79 Å². The largest absolute Gasteiger partial charge is 0.481 e. The predicted octanol–water partition coefficient (Wildman–Crippen LogP) is 2.26. The van der Waals surface area contributed by atoms with Crippen LogP contribution in [0.3, 0.4) is 0 Å². The van der Waals surface area contributed by atoms with Gasteiger partial charge in [0.25, 0.3) is 5.91 Å². The maximum atomic E-state index is 12.2. The SMILES string of the molecule is CCC(Oc1ccccc1)C(=O)N[C@@H]1CCCC[C@H]1O. The van der Waals surface area contributed by atoms with Crippen molar-refractivity contribution in [3.05, 3.63) is 30.3 Å². The molecule has 1 aliphatic rings. The molecule has 4 heteroatoms. The zero-order chi connectivity index (χ0) is 14.4. The first-order valence-electron chi connectivity index (χ1n) is 7.41. The number of carbonyl (C=O) groups is 1. The first-order valence-corrected chi connectivity index (χ1v) is 7.41. The third-order valence-corrected chi connectivity index (χ3v) is 3.74. The van der Waals surface area contributed by atoms with E-state index in [0.717, 1.165) is 25.7 Å². The van der Waals surface area contributed by atoms with Gasteiger partial charge in [-0.1, -0.05) is 38.0 Å². The first-order chi connectivity index (χ1) is 9.70. The summed E-state index contributed by atoms with van der Waals surface area (Å²) in [6.45, 7) is 1.92. The van der Waals surface area contributed by atoms with E-state index in [1.165, 1.54) is 0 Å². The van der Waals surface area contributed by atoms with Crippen LogP contribution in [0.15, 0.2) is 30.3 Å². The van der Waals surface area contributed by atoms with Gasteiger partial charge in [-0.2, -0.15) is 0 Å². The quantitative estimate of drug-likeness (QED) is 0.868. The minimum atomic E-state index is -0.508. The number of amides is 1. The Morgan fingerprint density at radius 3 is 2.70 bits per heavy atom. The molecule has 1 saturated carbocycles. The topological polar surface area (TPSA) is 58.6 Å². The Balaban J connectivity index is 1.91. The van der Waals surface area contributed by atoms with Crippen LogP contribution < -0.4 is 10.1 Å². The average Bonchev–Trinajstić information content (AvgIpc) is 2.48. The van der Waals surface area contributed by atoms with Crippen LogP contribution in [0.25, 0.3) is 0 Å². The normalized spacial score (nSPS) is 23.9. The molecule has 0 aliphatic heterocycles. The molecule has 1 aromatic carbocycles. The number of rotatable bonds is 5. The summed E-state index contributed by atoms with van der Waals surface area (Å²) in [5, 5.41) is 12.8. The van der Waals surface area contributed by atoms with Crippen molar-refractivity contribution in [3.63, 3.8) is 0 Å². The van der Waals surface area contributed by atoms with Gasteiger partial charge in [-0.15, -0.1) is 0 Å². The minimum Gasteiger partial charge on any atom is -0.481 e. The number of aliphatic hydroxyl groups is 1. The van der Waals surface area contributed by atoms with Crippen molar-refractivity contribution in [2.45, 2.75) is 57.3 Å². The molecule has 0 radical (unpaired) electrons. The second kappa shape index (κ2) is 7.29. The molecule has 20 heavy (non-hydrogen) atoms. The fourth-order valence-electron chi connectivity index (χ4n) is 2.54. The molecule has 1 fully saturated rings. The summed E-state index contributed by atoms with van der Waals surface area (Å²) in [7, 11) is 0. The number of benzene rings is 1. The molecule has 0 spiro atoms. The van der Waals surface area contributed by atoms with Crippen LogP contribution >= 0.6 is 0 Å². The Kier molecular flexibility index (Phi) is 5.41. The molecular formula is C16H23NO3. The van der Waals surface area contributed by atoms with E-state index in [1.807, 2.05) is 37.3 Å². The molecule has 0 bridgehead atoms. The fraction of sp³-hybridized carbons (Fsp3) is 0.562. The number of carbonyl (C=O) groups excluding carboxylic acids is 1. The third-order valence-electron chi connectivity index (χ3n) is 3.74. The molecule has 0 aromatic heterocycles. The van der Waals surface area contributed by atoms with E-state index in [1.54, 1.807) is 0 Å². The summed E-state index contributed by atoms with van der Waals surface area (Å²) < 4.78 is 5.71. The smallest absolute Gasteiger partial charge is 0.261 e. The van der Waals surface area contributed by atoms with Crippen molar-refractivity contribution in [1.82, 2.24) is 5.32 Å². The van der Waals surface area contributed by atoms with E-state index < -0.39 is 12.2 Å². The molecule has 0 saturated heterocycles. The maximum Gasteiger partial charge on any atom is 0.261 e. The second-order valence-corrected chi connectivity index (χ2v) is 5.29. The van der Waals surface area contributed by atoms with Gasteiger partial charge in [-0.3, -0.25) is 4.79 Å². The van der Waals surface area contributed by atoms with Gasteiger partial charge in [-0.25, -0.2) is 0 Å². The van der Waals surface area contributed by atoms with Crippen LogP contribution in [0.4, 0.5) is 0 Å². The lowest BCUT2D eigenvalue weighted by Crippen LogP contribution is -2.49. The van der Waals surface area contributed by atoms with Crippen molar-refractivity contribution in [3.8, 4) is 5.75 Å². The third kappa shape index (κ3) is 3.97. The lowest BCUT2D eigenvalue weighted by atomic mass is 9.92. The van der Waals surface area contributed by atoms with Crippen LogP contribution in [0, 0.1) is 0 Å². The van der Waals surface area contributed by atoms with Crippen molar-refractivity contribution in [2.75, 3.05) is 0 Å². The number of ether oxygens (including phenoxy) is 1. The Labute approximate surface area is 120 Å². The van der Waals surface area contributed by atoms with Crippen molar-refractivity contribution >= 4 is 5.91 Å². The van der Waals surface area contributed by atoms with Crippen molar-refractivity contribution < 1.29 is 14.6 Å². The summed E-state index contributed by atoms with van der Waals surface area (Å²) in [6.07, 6.45) is 3.36. The monoisotopic (exact) mass is 277 g/mol. The van der Waals surface area contributed by atoms with E-state index in [-0.39, 0.29) is 11.9 Å². The highest BCUT2D eigenvalue weighted by molar-refractivity contribution is 5.81. The lowest BCUT2D eigenvalue weighted by molar-refractivity contribution is -0.130. The Morgan fingerprint density at radius 2 is 2.05 bits per heavy atom. The first kappa shape index (κ1) is 14.9. The molecule has 110 valence electrons. The Morgan fingerprint density at radius 1 is 1.35 bits per heavy atom. The molecule has 3 atom stereocenters. The second-order valence-electron chi connectivity index (χ2n) is 5.29. The number of nitrogens with one attached hydrogen (secondary N) is 1. The van der Waals surface area contributed by atoms with Crippen LogP contribution in [0.2, 0.25) is 0 Å². The van der Waals surface area contributed by atoms with Gasteiger partial charge in [0.2, 0.25) is 0 Å². The number of para-hydroxylation sites is 1. The highest BCUT2D eigenvalue weighted by Crippen LogP contribution is 2.19. The fourth-order valence-corrected chi connectivity index (χ4v) is 2.54. The van der Waals surface area contributed by atoms with E-state index in [4.69, 9.17) is 4.74 Å². The van der Waals surface area contributed by atoms with Gasteiger partial charge in [-0.05, 0) is 31.4 Å². The molecule has 1 aliphatic carbocycles. The molecule has 2 rings (SSSR count). The predicted molar refractivity (Wildman–Crippen MR) is 77.6 cm³/mol. The average molecular weight is 277 g/mol. The molecule has 1 amide bonds. The van der Waals surface area contributed by atoms with Crippen molar-refractivity contribution in [2.24, 2.45) is 0 Å². The van der Waals surface area contributed by atoms with E-state index in [9.17, 15) is 9.90 Å². The summed E-state index contributed by atoms with van der Waals surface area (Å²) in [5.74, 6) is 0.556. The maximum absolute atomic E-state index is 12.2. The standard InChI is InChI=1S/C16H23NO3/c1-2-15(20-12-8-4-3-5-9-12)16(19)17-13-10-6-7-11-14(13)18/h3-5,8-9,13-15,18H,2,6-7,10-11H2,1H3,(H,17,19)/t13-,14-,15?/m1/s1. The van der Waals surface area contributed by atoms with E-state index >= 15 is 0 Å². The summed E-state index contributed by atoms with van der Waals surface area (Å²) in [5.41, 5.74) is 0. The van der Waals surface area contributed by atoms with E-state index in [0.29, 0.717) is 12.2 Å². The Bertz CT molecular complexity index is 421. The van der Waals surface area contributed by atoms with Crippen LogP contribution in [-0.4, -0.2) is 29.3 Å². The minimum absolute atomic E-state index is 0.135. The number of hydrogen-bond acceptors (Lipinski definition) is 3. The Hall–Kier alpha value is -1.55. The van der Waals surface area contributed by atoms with Crippen LogP contribution in [0.1, 0.15) is 39.0 Å². The van der Waals surface area contributed by atoms with Crippen molar-refractivity contribution in [1.29, 1.82) is 0 Å². The molecule has 4 nitrogen and oxygen atoms in total. The highest BCUT2D eigenvalue weighted by Gasteiger charge is 2.27. The highest BCUT2D eigenvalue weighted by atomic mass is 16.5. The molecular weight excluding hydrogens is 254 g/mol. The van der Waals surface area contributed by atoms with Gasteiger partial charge in [0.1, 0.15) is 5.75 Å². The number of hydrogen-bond donors (Lipinski definition) is 2. The summed E-state index contributed by atoms with van der Waals surface area (Å²) in [4.78, 5) is 12.2. The van der Waals surface area contributed by atoms with Gasteiger partial charge in [0, 0.05) is 0 Å². The molecule has 1 aromatic rings. The molecule has 2 N–H and O–H groups in total. The lowest BCUT2D eigenvalue weighted by Gasteiger charge is -2.29.